The van der Waals surface area contributed by atoms with Crippen LogP contribution in [0.4, 0.5) is 0 Å². The van der Waals surface area contributed by atoms with Gasteiger partial charge in [-0.15, -0.1) is 0 Å². The Labute approximate surface area is 113 Å². The molecule has 0 radical (unpaired) electrons. The lowest BCUT2D eigenvalue weighted by molar-refractivity contribution is -0.116. The third-order valence-electron chi connectivity index (χ3n) is 3.98. The second-order valence-corrected chi connectivity index (χ2v) is 5.48. The molecule has 0 aliphatic carbocycles. The van der Waals surface area contributed by atoms with Crippen molar-refractivity contribution in [1.82, 2.24) is 10.3 Å². The number of carbonyl (C=O) groups excluding carboxylic acids is 1. The number of hydrogen-bond donors (Lipinski definition) is 2. The number of aromatic amines is 1. The highest BCUT2D eigenvalue weighted by Crippen LogP contribution is 2.31. The van der Waals surface area contributed by atoms with Crippen LogP contribution in [0.25, 0.3) is 10.9 Å². The number of carbonyl (C=O) groups is 1. The number of nitrogens with one attached hydrogen (secondary N) is 2. The van der Waals surface area contributed by atoms with E-state index < -0.39 is 0 Å². The first kappa shape index (κ1) is 12.4. The zero-order valence-electron chi connectivity index (χ0n) is 11.3. The SMILES string of the molecule is CC(=O)Cc1c(C2CCCNC2)[nH]c2ccccc12. The van der Waals surface area contributed by atoms with Crippen LogP contribution < -0.4 is 5.32 Å². The normalized spacial score (nSPS) is 19.7. The van der Waals surface area contributed by atoms with Crippen molar-refractivity contribution in [2.24, 2.45) is 0 Å². The Morgan fingerprint density at radius 1 is 1.37 bits per heavy atom. The van der Waals surface area contributed by atoms with E-state index in [-0.39, 0.29) is 5.78 Å². The van der Waals surface area contributed by atoms with Gasteiger partial charge in [0.25, 0.3) is 0 Å². The Hall–Kier alpha value is -1.61. The number of benzene rings is 1. The molecule has 1 unspecified atom stereocenters. The first-order chi connectivity index (χ1) is 9.25. The van der Waals surface area contributed by atoms with Gasteiger partial charge in [0.2, 0.25) is 0 Å². The predicted octanol–water partition coefficient (Wildman–Crippen LogP) is 2.77. The fourth-order valence-corrected chi connectivity index (χ4v) is 3.11. The minimum atomic E-state index is 0.231. The van der Waals surface area contributed by atoms with Crippen molar-refractivity contribution in [2.45, 2.75) is 32.1 Å². The summed E-state index contributed by atoms with van der Waals surface area (Å²) in [6.45, 7) is 3.79. The van der Waals surface area contributed by atoms with Crippen molar-refractivity contribution in [1.29, 1.82) is 0 Å². The van der Waals surface area contributed by atoms with E-state index in [2.05, 4.69) is 22.4 Å². The summed E-state index contributed by atoms with van der Waals surface area (Å²) in [6.07, 6.45) is 2.94. The van der Waals surface area contributed by atoms with E-state index in [9.17, 15) is 4.79 Å². The number of Topliss-reactive ketones (excluding diaryl/α,β-unsaturated/α-hetero) is 1. The molecule has 1 fully saturated rings. The Morgan fingerprint density at radius 2 is 2.21 bits per heavy atom. The van der Waals surface area contributed by atoms with E-state index in [1.165, 1.54) is 29.5 Å². The second-order valence-electron chi connectivity index (χ2n) is 5.48. The maximum Gasteiger partial charge on any atom is 0.134 e. The van der Waals surface area contributed by atoms with E-state index in [0.717, 1.165) is 18.6 Å². The van der Waals surface area contributed by atoms with Crippen LogP contribution in [0.2, 0.25) is 0 Å². The highest BCUT2D eigenvalue weighted by molar-refractivity contribution is 5.90. The summed E-state index contributed by atoms with van der Waals surface area (Å²) >= 11 is 0. The van der Waals surface area contributed by atoms with Crippen LogP contribution in [-0.4, -0.2) is 23.9 Å². The lowest BCUT2D eigenvalue weighted by Crippen LogP contribution is -2.29. The average molecular weight is 256 g/mol. The second kappa shape index (κ2) is 5.17. The number of piperidine rings is 1. The van der Waals surface area contributed by atoms with Crippen molar-refractivity contribution in [3.05, 3.63) is 35.5 Å². The minimum Gasteiger partial charge on any atom is -0.358 e. The molecule has 1 saturated heterocycles. The topological polar surface area (TPSA) is 44.9 Å². The summed E-state index contributed by atoms with van der Waals surface area (Å²) in [5.41, 5.74) is 3.62. The molecule has 19 heavy (non-hydrogen) atoms. The molecule has 1 aromatic heterocycles. The molecular formula is C16H20N2O. The molecule has 1 aliphatic heterocycles. The number of rotatable bonds is 3. The Balaban J connectivity index is 2.07. The Morgan fingerprint density at radius 3 is 2.95 bits per heavy atom. The number of para-hydroxylation sites is 1. The van der Waals surface area contributed by atoms with E-state index in [4.69, 9.17) is 0 Å². The first-order valence-electron chi connectivity index (χ1n) is 7.05. The van der Waals surface area contributed by atoms with Crippen molar-refractivity contribution in [3.8, 4) is 0 Å². The molecule has 100 valence electrons. The van der Waals surface area contributed by atoms with Gasteiger partial charge in [0, 0.05) is 35.5 Å². The fourth-order valence-electron chi connectivity index (χ4n) is 3.11. The summed E-state index contributed by atoms with van der Waals surface area (Å²) in [5.74, 6) is 0.741. The molecule has 0 saturated carbocycles. The largest absolute Gasteiger partial charge is 0.358 e. The van der Waals surface area contributed by atoms with Crippen molar-refractivity contribution >= 4 is 16.7 Å². The molecule has 3 heteroatoms. The third-order valence-corrected chi connectivity index (χ3v) is 3.98. The number of hydrogen-bond acceptors (Lipinski definition) is 2. The highest BCUT2D eigenvalue weighted by atomic mass is 16.1. The van der Waals surface area contributed by atoms with Gasteiger partial charge in [-0.2, -0.15) is 0 Å². The summed E-state index contributed by atoms with van der Waals surface area (Å²) in [5, 5.41) is 4.66. The van der Waals surface area contributed by atoms with E-state index in [0.29, 0.717) is 12.3 Å². The average Bonchev–Trinajstić information content (AvgIpc) is 2.78. The molecule has 1 aliphatic rings. The molecule has 1 atom stereocenters. The maximum absolute atomic E-state index is 11.6. The number of aromatic nitrogens is 1. The molecule has 0 bridgehead atoms. The Kier molecular flexibility index (Phi) is 3.38. The quantitative estimate of drug-likeness (QED) is 0.887. The molecule has 3 nitrogen and oxygen atoms in total. The summed E-state index contributed by atoms with van der Waals surface area (Å²) in [6, 6.07) is 8.30. The van der Waals surface area contributed by atoms with E-state index in [1.807, 2.05) is 12.1 Å². The van der Waals surface area contributed by atoms with Gasteiger partial charge in [-0.25, -0.2) is 0 Å². The molecule has 3 rings (SSSR count). The molecule has 2 aromatic rings. The molecule has 2 heterocycles. The van der Waals surface area contributed by atoms with Crippen LogP contribution in [0, 0.1) is 0 Å². The van der Waals surface area contributed by atoms with Gasteiger partial charge < -0.3 is 10.3 Å². The van der Waals surface area contributed by atoms with Crippen LogP contribution >= 0.6 is 0 Å². The monoisotopic (exact) mass is 256 g/mol. The lowest BCUT2D eigenvalue weighted by Gasteiger charge is -2.23. The Bertz CT molecular complexity index is 594. The zero-order valence-corrected chi connectivity index (χ0v) is 11.3. The van der Waals surface area contributed by atoms with E-state index >= 15 is 0 Å². The van der Waals surface area contributed by atoms with Gasteiger partial charge in [-0.3, -0.25) is 4.79 Å². The number of fused-ring (bicyclic) bond motifs is 1. The van der Waals surface area contributed by atoms with Crippen molar-refractivity contribution in [2.75, 3.05) is 13.1 Å². The highest BCUT2D eigenvalue weighted by Gasteiger charge is 2.22. The number of ketones is 1. The van der Waals surface area contributed by atoms with Gasteiger partial charge in [0.15, 0.2) is 0 Å². The molecule has 1 aromatic carbocycles. The van der Waals surface area contributed by atoms with Crippen molar-refractivity contribution < 1.29 is 4.79 Å². The van der Waals surface area contributed by atoms with Crippen LogP contribution in [0.5, 0.6) is 0 Å². The van der Waals surface area contributed by atoms with Crippen molar-refractivity contribution in [3.63, 3.8) is 0 Å². The zero-order chi connectivity index (χ0) is 13.2. The molecule has 2 N–H and O–H groups in total. The molecular weight excluding hydrogens is 236 g/mol. The number of H-pyrrole nitrogens is 1. The van der Waals surface area contributed by atoms with Crippen LogP contribution in [0.3, 0.4) is 0 Å². The third kappa shape index (κ3) is 2.43. The van der Waals surface area contributed by atoms with Gasteiger partial charge >= 0.3 is 0 Å². The summed E-state index contributed by atoms with van der Waals surface area (Å²) in [7, 11) is 0. The maximum atomic E-state index is 11.6. The van der Waals surface area contributed by atoms with Crippen LogP contribution in [0.1, 0.15) is 36.9 Å². The predicted molar refractivity (Wildman–Crippen MR) is 77.5 cm³/mol. The molecule has 0 amide bonds. The summed E-state index contributed by atoms with van der Waals surface area (Å²) in [4.78, 5) is 15.1. The fraction of sp³-hybridized carbons (Fsp3) is 0.438. The van der Waals surface area contributed by atoms with Crippen LogP contribution in [0.15, 0.2) is 24.3 Å². The minimum absolute atomic E-state index is 0.231. The van der Waals surface area contributed by atoms with Gasteiger partial charge in [0.1, 0.15) is 5.78 Å². The summed E-state index contributed by atoms with van der Waals surface area (Å²) < 4.78 is 0. The van der Waals surface area contributed by atoms with Gasteiger partial charge in [-0.1, -0.05) is 18.2 Å². The first-order valence-corrected chi connectivity index (χ1v) is 7.05. The smallest absolute Gasteiger partial charge is 0.134 e. The lowest BCUT2D eigenvalue weighted by atomic mass is 9.91. The van der Waals surface area contributed by atoms with Gasteiger partial charge in [0.05, 0.1) is 0 Å². The van der Waals surface area contributed by atoms with Crippen LogP contribution in [-0.2, 0) is 11.2 Å². The van der Waals surface area contributed by atoms with E-state index in [1.54, 1.807) is 6.92 Å². The van der Waals surface area contributed by atoms with Gasteiger partial charge in [-0.05, 0) is 37.9 Å². The standard InChI is InChI=1S/C16H20N2O/c1-11(19)9-14-13-6-2-3-7-15(13)18-16(14)12-5-4-8-17-10-12/h2-3,6-7,12,17-18H,4-5,8-10H2,1H3. The molecule has 0 spiro atoms.